The molecule has 2 heterocycles. The molecule has 3 rings (SSSR count). The van der Waals surface area contributed by atoms with E-state index in [0.717, 1.165) is 30.8 Å². The average molecular weight is 532 g/mol. The van der Waals surface area contributed by atoms with Crippen LogP contribution in [0.5, 0.6) is 0 Å². The van der Waals surface area contributed by atoms with E-state index in [1.807, 2.05) is 7.05 Å². The van der Waals surface area contributed by atoms with Crippen molar-refractivity contribution in [2.24, 2.45) is 4.99 Å². The third kappa shape index (κ3) is 9.44. The predicted octanol–water partition coefficient (Wildman–Crippen LogP) is 3.26. The molecule has 0 saturated carbocycles. The van der Waals surface area contributed by atoms with Crippen molar-refractivity contribution < 1.29 is 0 Å². The fourth-order valence-electron chi connectivity index (χ4n) is 3.92. The summed E-state index contributed by atoms with van der Waals surface area (Å²) in [7, 11) is 1.87. The summed E-state index contributed by atoms with van der Waals surface area (Å²) in [5.74, 6) is 2.28. The zero-order valence-corrected chi connectivity index (χ0v) is 21.0. The molecule has 7 heteroatoms. The van der Waals surface area contributed by atoms with Crippen LogP contribution >= 0.6 is 35.7 Å². The molecule has 0 spiro atoms. The highest BCUT2D eigenvalue weighted by Crippen LogP contribution is 2.25. The molecule has 1 aromatic carbocycles. The molecule has 2 fully saturated rings. The molecule has 1 aromatic rings. The topological polar surface area (TPSA) is 42.9 Å². The summed E-state index contributed by atoms with van der Waals surface area (Å²) in [5, 5.41) is 7.71. The van der Waals surface area contributed by atoms with Crippen LogP contribution < -0.4 is 10.6 Å². The molecule has 0 radical (unpaired) electrons. The van der Waals surface area contributed by atoms with E-state index in [0.29, 0.717) is 0 Å². The third-order valence-electron chi connectivity index (χ3n) is 5.65. The molecule has 0 aromatic heterocycles. The zero-order chi connectivity index (χ0) is 19.4. The SMILES string of the molecule is CN=C(NCCCCN1CCN(Cc2ccccc2)CC1)NCC1CCCS1.I. The largest absolute Gasteiger partial charge is 0.356 e. The van der Waals surface area contributed by atoms with E-state index in [1.165, 1.54) is 69.7 Å². The fourth-order valence-corrected chi connectivity index (χ4v) is 5.12. The van der Waals surface area contributed by atoms with E-state index < -0.39 is 0 Å². The first-order valence-corrected chi connectivity index (χ1v) is 11.9. The van der Waals surface area contributed by atoms with Crippen molar-refractivity contribution in [3.05, 3.63) is 35.9 Å². The lowest BCUT2D eigenvalue weighted by Gasteiger charge is -2.34. The van der Waals surface area contributed by atoms with E-state index in [-0.39, 0.29) is 24.0 Å². The monoisotopic (exact) mass is 531 g/mol. The van der Waals surface area contributed by atoms with Crippen LogP contribution in [0.4, 0.5) is 0 Å². The Kier molecular flexibility index (Phi) is 12.4. The lowest BCUT2D eigenvalue weighted by molar-refractivity contribution is 0.126. The van der Waals surface area contributed by atoms with Crippen molar-refractivity contribution in [1.29, 1.82) is 0 Å². The van der Waals surface area contributed by atoms with Gasteiger partial charge < -0.3 is 15.5 Å². The minimum absolute atomic E-state index is 0. The molecule has 2 aliphatic rings. The van der Waals surface area contributed by atoms with E-state index in [4.69, 9.17) is 0 Å². The Hall–Kier alpha value is -0.510. The number of benzene rings is 1. The number of hydrogen-bond acceptors (Lipinski definition) is 4. The maximum atomic E-state index is 4.35. The quantitative estimate of drug-likeness (QED) is 0.222. The summed E-state index contributed by atoms with van der Waals surface area (Å²) in [6, 6.07) is 10.8. The van der Waals surface area contributed by atoms with E-state index >= 15 is 0 Å². The second kappa shape index (κ2) is 14.5. The number of guanidine groups is 1. The zero-order valence-electron chi connectivity index (χ0n) is 17.8. The van der Waals surface area contributed by atoms with Gasteiger partial charge in [0.1, 0.15) is 0 Å². The normalized spacial score (nSPS) is 21.0. The van der Waals surface area contributed by atoms with Crippen molar-refractivity contribution in [2.75, 3.05) is 58.6 Å². The van der Waals surface area contributed by atoms with Crippen molar-refractivity contribution in [1.82, 2.24) is 20.4 Å². The minimum Gasteiger partial charge on any atom is -0.356 e. The number of hydrogen-bond donors (Lipinski definition) is 2. The van der Waals surface area contributed by atoms with Crippen molar-refractivity contribution >= 4 is 41.7 Å². The van der Waals surface area contributed by atoms with Crippen LogP contribution in [-0.2, 0) is 6.54 Å². The Morgan fingerprint density at radius 1 is 1.07 bits per heavy atom. The van der Waals surface area contributed by atoms with E-state index in [2.05, 4.69) is 67.5 Å². The second-order valence-electron chi connectivity index (χ2n) is 7.83. The molecule has 29 heavy (non-hydrogen) atoms. The molecular formula is C22H38IN5S. The minimum atomic E-state index is 0. The van der Waals surface area contributed by atoms with Gasteiger partial charge in [0.05, 0.1) is 0 Å². The Morgan fingerprint density at radius 3 is 2.52 bits per heavy atom. The van der Waals surface area contributed by atoms with Gasteiger partial charge in [-0.25, -0.2) is 0 Å². The van der Waals surface area contributed by atoms with Crippen molar-refractivity contribution in [3.63, 3.8) is 0 Å². The summed E-state index contributed by atoms with van der Waals surface area (Å²) >= 11 is 2.09. The highest BCUT2D eigenvalue weighted by Gasteiger charge is 2.17. The van der Waals surface area contributed by atoms with Gasteiger partial charge in [0.2, 0.25) is 0 Å². The van der Waals surface area contributed by atoms with Gasteiger partial charge in [0.25, 0.3) is 0 Å². The van der Waals surface area contributed by atoms with Crippen LogP contribution in [0.1, 0.15) is 31.2 Å². The fraction of sp³-hybridized carbons (Fsp3) is 0.682. The molecule has 0 amide bonds. The lowest BCUT2D eigenvalue weighted by Crippen LogP contribution is -2.46. The summed E-state index contributed by atoms with van der Waals surface area (Å²) in [6.45, 7) is 9.11. The van der Waals surface area contributed by atoms with E-state index in [9.17, 15) is 0 Å². The number of halogens is 1. The Balaban J connectivity index is 0.00000300. The number of rotatable bonds is 9. The smallest absolute Gasteiger partial charge is 0.191 e. The number of aliphatic imine (C=N–C) groups is 1. The van der Waals surface area contributed by atoms with Gasteiger partial charge in [-0.15, -0.1) is 24.0 Å². The van der Waals surface area contributed by atoms with Crippen molar-refractivity contribution in [3.8, 4) is 0 Å². The van der Waals surface area contributed by atoms with Gasteiger partial charge in [0, 0.05) is 58.1 Å². The standard InChI is InChI=1S/C22H37N5S.HI/c1-23-22(25-18-21-10-7-17-28-21)24-11-5-6-12-26-13-15-27(16-14-26)19-20-8-3-2-4-9-20;/h2-4,8-9,21H,5-7,10-19H2,1H3,(H2,23,24,25);1H. The number of nitrogens with zero attached hydrogens (tertiary/aromatic N) is 3. The molecule has 0 bridgehead atoms. The van der Waals surface area contributed by atoms with Gasteiger partial charge in [-0.1, -0.05) is 30.3 Å². The molecule has 1 unspecified atom stereocenters. The van der Waals surface area contributed by atoms with Crippen LogP contribution in [0.15, 0.2) is 35.3 Å². The Bertz CT molecular complexity index is 572. The number of piperazine rings is 1. The van der Waals surface area contributed by atoms with Gasteiger partial charge in [-0.2, -0.15) is 11.8 Å². The third-order valence-corrected chi connectivity index (χ3v) is 7.05. The van der Waals surface area contributed by atoms with Crippen LogP contribution in [-0.4, -0.2) is 79.6 Å². The molecule has 0 aliphatic carbocycles. The van der Waals surface area contributed by atoms with E-state index in [1.54, 1.807) is 0 Å². The highest BCUT2D eigenvalue weighted by molar-refractivity contribution is 14.0. The van der Waals surface area contributed by atoms with Crippen LogP contribution in [0.3, 0.4) is 0 Å². The second-order valence-corrected chi connectivity index (χ2v) is 9.23. The highest BCUT2D eigenvalue weighted by atomic mass is 127. The average Bonchev–Trinajstić information content (AvgIpc) is 3.26. The van der Waals surface area contributed by atoms with Crippen LogP contribution in [0, 0.1) is 0 Å². The molecule has 2 saturated heterocycles. The predicted molar refractivity (Wildman–Crippen MR) is 138 cm³/mol. The summed E-state index contributed by atoms with van der Waals surface area (Å²) in [4.78, 5) is 9.54. The Morgan fingerprint density at radius 2 is 1.83 bits per heavy atom. The molecule has 5 nitrogen and oxygen atoms in total. The van der Waals surface area contributed by atoms with Crippen molar-refractivity contribution in [2.45, 2.75) is 37.5 Å². The van der Waals surface area contributed by atoms with Gasteiger partial charge >= 0.3 is 0 Å². The first-order valence-electron chi connectivity index (χ1n) is 10.9. The number of nitrogens with one attached hydrogen (secondary N) is 2. The van der Waals surface area contributed by atoms with Gasteiger partial charge in [-0.3, -0.25) is 9.89 Å². The number of thioether (sulfide) groups is 1. The first kappa shape index (κ1) is 24.8. The summed E-state index contributed by atoms with van der Waals surface area (Å²) < 4.78 is 0. The maximum Gasteiger partial charge on any atom is 0.191 e. The molecule has 164 valence electrons. The number of unbranched alkanes of at least 4 members (excludes halogenated alkanes) is 1. The lowest BCUT2D eigenvalue weighted by atomic mass is 10.2. The van der Waals surface area contributed by atoms with Gasteiger partial charge in [-0.05, 0) is 43.5 Å². The summed E-state index contributed by atoms with van der Waals surface area (Å²) in [5.41, 5.74) is 1.43. The molecule has 2 N–H and O–H groups in total. The molecular weight excluding hydrogens is 493 g/mol. The van der Waals surface area contributed by atoms with Gasteiger partial charge in [0.15, 0.2) is 5.96 Å². The maximum absolute atomic E-state index is 4.35. The molecule has 2 aliphatic heterocycles. The first-order chi connectivity index (χ1) is 13.8. The Labute approximate surface area is 198 Å². The van der Waals surface area contributed by atoms with Crippen LogP contribution in [0.25, 0.3) is 0 Å². The summed E-state index contributed by atoms with van der Waals surface area (Å²) in [6.07, 6.45) is 5.15. The molecule has 1 atom stereocenters. The van der Waals surface area contributed by atoms with Crippen LogP contribution in [0.2, 0.25) is 0 Å².